The lowest BCUT2D eigenvalue weighted by molar-refractivity contribution is -0.160. The molecule has 0 aromatic heterocycles. The highest BCUT2D eigenvalue weighted by molar-refractivity contribution is 5.82. The number of benzene rings is 1. The van der Waals surface area contributed by atoms with Crippen LogP contribution in [0.2, 0.25) is 0 Å². The molecule has 2 amide bonds. The van der Waals surface area contributed by atoms with Gasteiger partial charge in [0.2, 0.25) is 11.8 Å². The van der Waals surface area contributed by atoms with E-state index in [1.165, 1.54) is 5.56 Å². The second-order valence-electron chi connectivity index (χ2n) is 8.37. The van der Waals surface area contributed by atoms with E-state index in [1.54, 1.807) is 6.92 Å². The van der Waals surface area contributed by atoms with Crippen LogP contribution in [0.25, 0.3) is 0 Å². The maximum atomic E-state index is 12.7. The lowest BCUT2D eigenvalue weighted by atomic mass is 9.80. The molecule has 4 rings (SSSR count). The van der Waals surface area contributed by atoms with Crippen molar-refractivity contribution < 1.29 is 14.3 Å². The highest BCUT2D eigenvalue weighted by Crippen LogP contribution is 2.52. The van der Waals surface area contributed by atoms with Crippen LogP contribution in [0.3, 0.4) is 0 Å². The number of amides is 2. The van der Waals surface area contributed by atoms with E-state index < -0.39 is 5.54 Å². The fourth-order valence-electron chi connectivity index (χ4n) is 4.55. The Morgan fingerprint density at radius 3 is 2.52 bits per heavy atom. The number of ether oxygens (including phenoxy) is 1. The molecule has 3 aliphatic rings. The van der Waals surface area contributed by atoms with Crippen LogP contribution >= 0.6 is 0 Å². The van der Waals surface area contributed by atoms with Crippen LogP contribution < -0.4 is 5.32 Å². The molecule has 1 saturated heterocycles. The van der Waals surface area contributed by atoms with Crippen molar-refractivity contribution in [1.82, 2.24) is 10.2 Å². The van der Waals surface area contributed by atoms with Gasteiger partial charge in [-0.2, -0.15) is 0 Å². The van der Waals surface area contributed by atoms with E-state index >= 15 is 0 Å². The number of rotatable bonds is 6. The standard InChI is InChI=1S/C22H28N2O3/c1-16-6-5-7-18(12-16)13-27-22(10-11-22)21(23-17(2)25)14-24(15-21)20(26)19-8-3-4-9-19/h3-7,12,19H,8-11,13-15H2,1-2H3,(H,23,25). The van der Waals surface area contributed by atoms with Gasteiger partial charge in [0.1, 0.15) is 5.54 Å². The van der Waals surface area contributed by atoms with Gasteiger partial charge in [-0.25, -0.2) is 0 Å². The third kappa shape index (κ3) is 3.41. The maximum Gasteiger partial charge on any atom is 0.226 e. The molecule has 144 valence electrons. The van der Waals surface area contributed by atoms with Gasteiger partial charge in [-0.3, -0.25) is 9.59 Å². The zero-order valence-electron chi connectivity index (χ0n) is 16.2. The largest absolute Gasteiger partial charge is 0.368 e. The van der Waals surface area contributed by atoms with E-state index in [-0.39, 0.29) is 23.3 Å². The number of aryl methyl sites for hydroxylation is 1. The van der Waals surface area contributed by atoms with Crippen LogP contribution in [0.4, 0.5) is 0 Å². The number of nitrogens with zero attached hydrogens (tertiary/aromatic N) is 1. The van der Waals surface area contributed by atoms with Gasteiger partial charge in [-0.05, 0) is 38.2 Å². The molecule has 1 aliphatic heterocycles. The Balaban J connectivity index is 1.44. The van der Waals surface area contributed by atoms with Gasteiger partial charge in [0.15, 0.2) is 0 Å². The van der Waals surface area contributed by atoms with Crippen molar-refractivity contribution >= 4 is 11.8 Å². The highest BCUT2D eigenvalue weighted by Gasteiger charge is 2.67. The van der Waals surface area contributed by atoms with E-state index in [0.717, 1.165) is 31.2 Å². The summed E-state index contributed by atoms with van der Waals surface area (Å²) >= 11 is 0. The summed E-state index contributed by atoms with van der Waals surface area (Å²) < 4.78 is 6.38. The average Bonchev–Trinajstić information content (AvgIpc) is 3.19. The average molecular weight is 368 g/mol. The van der Waals surface area contributed by atoms with Gasteiger partial charge in [-0.15, -0.1) is 0 Å². The summed E-state index contributed by atoms with van der Waals surface area (Å²) in [4.78, 5) is 26.5. The van der Waals surface area contributed by atoms with Gasteiger partial charge < -0.3 is 15.0 Å². The number of hydrogen-bond donors (Lipinski definition) is 1. The SMILES string of the molecule is CC(=O)NC1(C2(OCc3cccc(C)c3)CC2)CN(C(=O)C2CC=CC2)C1. The van der Waals surface area contributed by atoms with Crippen molar-refractivity contribution in [3.63, 3.8) is 0 Å². The lowest BCUT2D eigenvalue weighted by Crippen LogP contribution is -2.77. The molecule has 0 radical (unpaired) electrons. The first-order valence-corrected chi connectivity index (χ1v) is 9.85. The van der Waals surface area contributed by atoms with Crippen molar-refractivity contribution in [3.05, 3.63) is 47.5 Å². The summed E-state index contributed by atoms with van der Waals surface area (Å²) in [6.45, 7) is 5.25. The summed E-state index contributed by atoms with van der Waals surface area (Å²) in [7, 11) is 0. The molecule has 1 N–H and O–H groups in total. The quantitative estimate of drug-likeness (QED) is 0.786. The van der Waals surface area contributed by atoms with Crippen LogP contribution in [0.15, 0.2) is 36.4 Å². The Bertz CT molecular complexity index is 768. The highest BCUT2D eigenvalue weighted by atomic mass is 16.5. The molecule has 1 aromatic carbocycles. The van der Waals surface area contributed by atoms with Crippen LogP contribution in [-0.4, -0.2) is 40.9 Å². The van der Waals surface area contributed by atoms with Gasteiger partial charge in [0.25, 0.3) is 0 Å². The zero-order chi connectivity index (χ0) is 19.1. The minimum Gasteiger partial charge on any atom is -0.368 e. The molecule has 1 saturated carbocycles. The fourth-order valence-corrected chi connectivity index (χ4v) is 4.55. The Morgan fingerprint density at radius 2 is 1.93 bits per heavy atom. The molecule has 0 atom stereocenters. The molecule has 2 aliphatic carbocycles. The third-order valence-corrected chi connectivity index (χ3v) is 6.18. The second kappa shape index (κ2) is 6.79. The minimum absolute atomic E-state index is 0.0601. The van der Waals surface area contributed by atoms with Crippen molar-refractivity contribution in [1.29, 1.82) is 0 Å². The number of allylic oxidation sites excluding steroid dienone is 2. The maximum absolute atomic E-state index is 12.7. The Labute approximate surface area is 160 Å². The van der Waals surface area contributed by atoms with Crippen LogP contribution in [0.1, 0.15) is 43.7 Å². The number of carbonyl (C=O) groups is 2. The van der Waals surface area contributed by atoms with Crippen molar-refractivity contribution in [3.8, 4) is 0 Å². The second-order valence-corrected chi connectivity index (χ2v) is 8.37. The van der Waals surface area contributed by atoms with Crippen LogP contribution in [-0.2, 0) is 20.9 Å². The number of likely N-dealkylation sites (tertiary alicyclic amines) is 1. The normalized spacial score (nSPS) is 22.4. The van der Waals surface area contributed by atoms with E-state index in [9.17, 15) is 9.59 Å². The van der Waals surface area contributed by atoms with E-state index in [1.807, 2.05) is 11.0 Å². The van der Waals surface area contributed by atoms with Crippen molar-refractivity contribution in [2.75, 3.05) is 13.1 Å². The molecule has 27 heavy (non-hydrogen) atoms. The predicted octanol–water partition coefficient (Wildman–Crippen LogP) is 2.73. The van der Waals surface area contributed by atoms with Gasteiger partial charge in [0, 0.05) is 25.9 Å². The molecular weight excluding hydrogens is 340 g/mol. The lowest BCUT2D eigenvalue weighted by Gasteiger charge is -2.55. The number of carbonyl (C=O) groups excluding carboxylic acids is 2. The minimum atomic E-state index is -0.454. The molecule has 0 bridgehead atoms. The molecule has 0 unspecified atom stereocenters. The van der Waals surface area contributed by atoms with Crippen LogP contribution in [0, 0.1) is 12.8 Å². The summed E-state index contributed by atoms with van der Waals surface area (Å²) in [5, 5.41) is 3.15. The zero-order valence-corrected chi connectivity index (χ0v) is 16.2. The van der Waals surface area contributed by atoms with E-state index in [2.05, 4.69) is 42.6 Å². The molecule has 1 aromatic rings. The molecule has 2 fully saturated rings. The summed E-state index contributed by atoms with van der Waals surface area (Å²) in [6, 6.07) is 8.31. The molecule has 0 spiro atoms. The Morgan fingerprint density at radius 1 is 1.22 bits per heavy atom. The molecule has 5 nitrogen and oxygen atoms in total. The van der Waals surface area contributed by atoms with Crippen LogP contribution in [0.5, 0.6) is 0 Å². The smallest absolute Gasteiger partial charge is 0.226 e. The summed E-state index contributed by atoms with van der Waals surface area (Å²) in [6.07, 6.45) is 7.67. The van der Waals surface area contributed by atoms with Gasteiger partial charge >= 0.3 is 0 Å². The van der Waals surface area contributed by atoms with Crippen molar-refractivity contribution in [2.24, 2.45) is 5.92 Å². The monoisotopic (exact) mass is 368 g/mol. The predicted molar refractivity (Wildman–Crippen MR) is 103 cm³/mol. The first-order valence-electron chi connectivity index (χ1n) is 9.85. The fraction of sp³-hybridized carbons (Fsp3) is 0.545. The number of nitrogens with one attached hydrogen (secondary N) is 1. The number of hydrogen-bond acceptors (Lipinski definition) is 3. The van der Waals surface area contributed by atoms with E-state index in [0.29, 0.717) is 19.7 Å². The Kier molecular flexibility index (Phi) is 4.58. The molecule has 5 heteroatoms. The van der Waals surface area contributed by atoms with Crippen molar-refractivity contribution in [2.45, 2.75) is 57.3 Å². The first-order chi connectivity index (χ1) is 12.9. The van der Waals surface area contributed by atoms with Gasteiger partial charge in [0.05, 0.1) is 12.2 Å². The van der Waals surface area contributed by atoms with Gasteiger partial charge in [-0.1, -0.05) is 42.0 Å². The third-order valence-electron chi connectivity index (χ3n) is 6.18. The molecule has 1 heterocycles. The topological polar surface area (TPSA) is 58.6 Å². The molecular formula is C22H28N2O3. The Hall–Kier alpha value is -2.14. The summed E-state index contributed by atoms with van der Waals surface area (Å²) in [5.41, 5.74) is 1.55. The van der Waals surface area contributed by atoms with E-state index in [4.69, 9.17) is 4.74 Å². The summed E-state index contributed by atoms with van der Waals surface area (Å²) in [5.74, 6) is 0.217. The first kappa shape index (κ1) is 18.2.